The van der Waals surface area contributed by atoms with Crippen molar-refractivity contribution in [1.82, 2.24) is 10.2 Å². The number of benzene rings is 1. The standard InChI is InChI=1S/C19H17FN4O3S/c20-14-10-13(3-4-15(14)24-8-1-2-18(24)26)21-16(25)5-6-17-22-23-19(27-17)12-7-9-28-11-12/h3-4,7,9-11H,1-2,5-6,8H2,(H,21,25). The summed E-state index contributed by atoms with van der Waals surface area (Å²) in [4.78, 5) is 25.3. The summed E-state index contributed by atoms with van der Waals surface area (Å²) in [6.45, 7) is 0.513. The number of amides is 2. The molecular weight excluding hydrogens is 383 g/mol. The van der Waals surface area contributed by atoms with Gasteiger partial charge in [0.25, 0.3) is 0 Å². The molecule has 0 aliphatic carbocycles. The number of thiophene rings is 1. The fraction of sp³-hybridized carbons (Fsp3) is 0.263. The number of rotatable bonds is 6. The molecule has 2 amide bonds. The Hall–Kier alpha value is -3.07. The van der Waals surface area contributed by atoms with E-state index in [2.05, 4.69) is 15.5 Å². The maximum absolute atomic E-state index is 14.3. The summed E-state index contributed by atoms with van der Waals surface area (Å²) in [5.74, 6) is -0.127. The van der Waals surface area contributed by atoms with Crippen LogP contribution in [0.25, 0.3) is 11.5 Å². The molecule has 2 aromatic heterocycles. The summed E-state index contributed by atoms with van der Waals surface area (Å²) in [5, 5.41) is 14.4. The molecule has 3 heterocycles. The lowest BCUT2D eigenvalue weighted by Gasteiger charge is -2.17. The second-order valence-corrected chi connectivity index (χ2v) is 7.16. The molecule has 0 saturated carbocycles. The zero-order valence-electron chi connectivity index (χ0n) is 14.9. The summed E-state index contributed by atoms with van der Waals surface area (Å²) in [5.41, 5.74) is 1.43. The Kier molecular flexibility index (Phi) is 5.16. The number of nitrogens with zero attached hydrogens (tertiary/aromatic N) is 3. The first-order valence-electron chi connectivity index (χ1n) is 8.85. The van der Waals surface area contributed by atoms with Gasteiger partial charge in [0.05, 0.1) is 5.69 Å². The van der Waals surface area contributed by atoms with Crippen LogP contribution in [0.3, 0.4) is 0 Å². The summed E-state index contributed by atoms with van der Waals surface area (Å²) < 4.78 is 19.9. The molecule has 1 aliphatic rings. The first-order valence-corrected chi connectivity index (χ1v) is 9.79. The Morgan fingerprint density at radius 3 is 2.93 bits per heavy atom. The lowest BCUT2D eigenvalue weighted by Crippen LogP contribution is -2.24. The topological polar surface area (TPSA) is 88.3 Å². The summed E-state index contributed by atoms with van der Waals surface area (Å²) in [7, 11) is 0. The van der Waals surface area contributed by atoms with Crippen LogP contribution >= 0.6 is 11.3 Å². The number of hydrogen-bond donors (Lipinski definition) is 1. The van der Waals surface area contributed by atoms with E-state index in [0.29, 0.717) is 30.4 Å². The number of halogens is 1. The van der Waals surface area contributed by atoms with Crippen molar-refractivity contribution < 1.29 is 18.4 Å². The van der Waals surface area contributed by atoms with E-state index in [4.69, 9.17) is 4.42 Å². The van der Waals surface area contributed by atoms with Gasteiger partial charge in [0, 0.05) is 42.4 Å². The van der Waals surface area contributed by atoms with E-state index in [1.54, 1.807) is 6.07 Å². The monoisotopic (exact) mass is 400 g/mol. The third kappa shape index (κ3) is 3.94. The smallest absolute Gasteiger partial charge is 0.248 e. The van der Waals surface area contributed by atoms with Crippen molar-refractivity contribution in [2.45, 2.75) is 25.7 Å². The van der Waals surface area contributed by atoms with Crippen LogP contribution in [0, 0.1) is 5.82 Å². The minimum Gasteiger partial charge on any atom is -0.421 e. The molecule has 0 atom stereocenters. The van der Waals surface area contributed by atoms with Crippen LogP contribution in [-0.4, -0.2) is 28.6 Å². The summed E-state index contributed by atoms with van der Waals surface area (Å²) in [6.07, 6.45) is 1.56. The first-order chi connectivity index (χ1) is 13.6. The minimum absolute atomic E-state index is 0.0861. The van der Waals surface area contributed by atoms with Gasteiger partial charge in [-0.2, -0.15) is 11.3 Å². The van der Waals surface area contributed by atoms with Crippen molar-refractivity contribution in [3.8, 4) is 11.5 Å². The molecule has 3 aromatic rings. The van der Waals surface area contributed by atoms with Gasteiger partial charge < -0.3 is 14.6 Å². The van der Waals surface area contributed by atoms with E-state index in [9.17, 15) is 14.0 Å². The van der Waals surface area contributed by atoms with Gasteiger partial charge in [0.2, 0.25) is 23.6 Å². The molecule has 28 heavy (non-hydrogen) atoms. The van der Waals surface area contributed by atoms with E-state index in [0.717, 1.165) is 12.0 Å². The van der Waals surface area contributed by atoms with Crippen LogP contribution in [0.5, 0.6) is 0 Å². The average molecular weight is 400 g/mol. The van der Waals surface area contributed by atoms with E-state index in [1.165, 1.54) is 28.4 Å². The molecule has 0 radical (unpaired) electrons. The van der Waals surface area contributed by atoms with Gasteiger partial charge in [0.15, 0.2) is 0 Å². The molecule has 0 bridgehead atoms. The first kappa shape index (κ1) is 18.3. The summed E-state index contributed by atoms with van der Waals surface area (Å²) in [6, 6.07) is 6.20. The molecule has 1 fully saturated rings. The van der Waals surface area contributed by atoms with Crippen LogP contribution in [0.15, 0.2) is 39.4 Å². The Morgan fingerprint density at radius 1 is 1.32 bits per heavy atom. The normalized spacial score (nSPS) is 13.9. The van der Waals surface area contributed by atoms with Gasteiger partial charge in [-0.15, -0.1) is 10.2 Å². The van der Waals surface area contributed by atoms with Gasteiger partial charge in [0.1, 0.15) is 5.82 Å². The molecule has 0 unspecified atom stereocenters. The predicted molar refractivity (Wildman–Crippen MR) is 103 cm³/mol. The zero-order valence-corrected chi connectivity index (χ0v) is 15.7. The SMILES string of the molecule is O=C(CCc1nnc(-c2ccsc2)o1)Nc1ccc(N2CCCC2=O)c(F)c1. The van der Waals surface area contributed by atoms with Crippen molar-refractivity contribution in [2.24, 2.45) is 0 Å². The van der Waals surface area contributed by atoms with E-state index >= 15 is 0 Å². The molecule has 4 rings (SSSR count). The maximum Gasteiger partial charge on any atom is 0.248 e. The number of hydrogen-bond acceptors (Lipinski definition) is 6. The average Bonchev–Trinajstić information content (AvgIpc) is 3.42. The molecule has 1 aliphatic heterocycles. The highest BCUT2D eigenvalue weighted by molar-refractivity contribution is 7.08. The van der Waals surface area contributed by atoms with Gasteiger partial charge in [-0.05, 0) is 36.1 Å². The molecule has 1 N–H and O–H groups in total. The van der Waals surface area contributed by atoms with E-state index < -0.39 is 5.82 Å². The highest BCUT2D eigenvalue weighted by Gasteiger charge is 2.24. The lowest BCUT2D eigenvalue weighted by molar-refractivity contribution is -0.117. The Labute approximate surface area is 164 Å². The Morgan fingerprint density at radius 2 is 2.21 bits per heavy atom. The quantitative estimate of drug-likeness (QED) is 0.683. The van der Waals surface area contributed by atoms with Crippen LogP contribution in [0.4, 0.5) is 15.8 Å². The van der Waals surface area contributed by atoms with Crippen molar-refractivity contribution in [2.75, 3.05) is 16.8 Å². The zero-order chi connectivity index (χ0) is 19.5. The van der Waals surface area contributed by atoms with Gasteiger partial charge in [-0.25, -0.2) is 4.39 Å². The Bertz CT molecular complexity index is 1000. The largest absolute Gasteiger partial charge is 0.421 e. The van der Waals surface area contributed by atoms with Crippen molar-refractivity contribution >= 4 is 34.5 Å². The molecule has 9 heteroatoms. The third-order valence-corrected chi connectivity index (χ3v) is 5.08. The number of anilines is 2. The van der Waals surface area contributed by atoms with E-state index in [1.807, 2.05) is 16.8 Å². The third-order valence-electron chi connectivity index (χ3n) is 4.40. The highest BCUT2D eigenvalue weighted by Crippen LogP contribution is 2.27. The predicted octanol–water partition coefficient (Wildman–Crippen LogP) is 3.64. The molecule has 1 saturated heterocycles. The molecule has 7 nitrogen and oxygen atoms in total. The van der Waals surface area contributed by atoms with Crippen LogP contribution in [0.1, 0.15) is 25.2 Å². The number of aryl methyl sites for hydroxylation is 1. The fourth-order valence-corrected chi connectivity index (χ4v) is 3.64. The van der Waals surface area contributed by atoms with Crippen LogP contribution in [0.2, 0.25) is 0 Å². The summed E-state index contributed by atoms with van der Waals surface area (Å²) >= 11 is 1.53. The van der Waals surface area contributed by atoms with E-state index in [-0.39, 0.29) is 30.3 Å². The second kappa shape index (κ2) is 7.89. The van der Waals surface area contributed by atoms with Crippen molar-refractivity contribution in [3.05, 3.63) is 46.7 Å². The van der Waals surface area contributed by atoms with Gasteiger partial charge >= 0.3 is 0 Å². The fourth-order valence-electron chi connectivity index (χ4n) is 3.01. The van der Waals surface area contributed by atoms with Gasteiger partial charge in [-0.3, -0.25) is 9.59 Å². The maximum atomic E-state index is 14.3. The molecule has 0 spiro atoms. The van der Waals surface area contributed by atoms with Crippen LogP contribution in [-0.2, 0) is 16.0 Å². The van der Waals surface area contributed by atoms with Crippen molar-refractivity contribution in [3.63, 3.8) is 0 Å². The molecule has 144 valence electrons. The van der Waals surface area contributed by atoms with Gasteiger partial charge in [-0.1, -0.05) is 0 Å². The molecule has 1 aromatic carbocycles. The van der Waals surface area contributed by atoms with Crippen molar-refractivity contribution in [1.29, 1.82) is 0 Å². The lowest BCUT2D eigenvalue weighted by atomic mass is 10.2. The number of carbonyl (C=O) groups excluding carboxylic acids is 2. The van der Waals surface area contributed by atoms with Crippen LogP contribution < -0.4 is 10.2 Å². The minimum atomic E-state index is -0.537. The highest BCUT2D eigenvalue weighted by atomic mass is 32.1. The molecular formula is C19H17FN4O3S. The second-order valence-electron chi connectivity index (χ2n) is 6.38. The number of nitrogens with one attached hydrogen (secondary N) is 1. The Balaban J connectivity index is 1.34. The number of carbonyl (C=O) groups is 2. The number of aromatic nitrogens is 2.